The van der Waals surface area contributed by atoms with E-state index >= 15 is 0 Å². The molecule has 0 unspecified atom stereocenters. The molecule has 0 N–H and O–H groups in total. The van der Waals surface area contributed by atoms with E-state index in [1.54, 1.807) is 0 Å². The van der Waals surface area contributed by atoms with Gasteiger partial charge in [-0.3, -0.25) is 0 Å². The number of anilines is 3. The highest BCUT2D eigenvalue weighted by Crippen LogP contribution is 2.44. The molecule has 0 aliphatic heterocycles. The van der Waals surface area contributed by atoms with Gasteiger partial charge in [-0.15, -0.1) is 0 Å². The fraction of sp³-hybridized carbons (Fsp3) is 0. The predicted molar refractivity (Wildman–Crippen MR) is 235 cm³/mol. The van der Waals surface area contributed by atoms with Crippen LogP contribution in [-0.4, -0.2) is 4.98 Å². The molecule has 2 aromatic heterocycles. The summed E-state index contributed by atoms with van der Waals surface area (Å²) in [5, 5.41) is 4.49. The van der Waals surface area contributed by atoms with Crippen LogP contribution in [0.4, 0.5) is 17.1 Å². The summed E-state index contributed by atoms with van der Waals surface area (Å²) in [6, 6.07) is 72.6. The van der Waals surface area contributed by atoms with Crippen LogP contribution in [0.3, 0.4) is 0 Å². The minimum Gasteiger partial charge on any atom is -0.456 e. The van der Waals surface area contributed by atoms with Crippen LogP contribution in [0.15, 0.2) is 215 Å². The maximum Gasteiger partial charge on any atom is 0.227 e. The number of furan rings is 1. The fourth-order valence-corrected chi connectivity index (χ4v) is 8.10. The van der Waals surface area contributed by atoms with Gasteiger partial charge in [-0.1, -0.05) is 140 Å². The van der Waals surface area contributed by atoms with Gasteiger partial charge in [0.2, 0.25) is 5.89 Å². The topological polar surface area (TPSA) is 42.4 Å². The van der Waals surface area contributed by atoms with Crippen LogP contribution in [0.2, 0.25) is 0 Å². The fourth-order valence-electron chi connectivity index (χ4n) is 8.10. The first-order valence-electron chi connectivity index (χ1n) is 19.2. The third-order valence-corrected chi connectivity index (χ3v) is 10.9. The van der Waals surface area contributed by atoms with E-state index in [1.165, 1.54) is 33.0 Å². The van der Waals surface area contributed by atoms with E-state index in [0.717, 1.165) is 66.8 Å². The van der Waals surface area contributed by atoms with Crippen molar-refractivity contribution in [1.29, 1.82) is 0 Å². The van der Waals surface area contributed by atoms with E-state index in [2.05, 4.69) is 175 Å². The van der Waals surface area contributed by atoms with Crippen molar-refractivity contribution in [3.63, 3.8) is 0 Å². The van der Waals surface area contributed by atoms with Crippen LogP contribution in [0, 0.1) is 0 Å². The third-order valence-electron chi connectivity index (χ3n) is 10.9. The highest BCUT2D eigenvalue weighted by Gasteiger charge is 2.19. The molecule has 0 atom stereocenters. The van der Waals surface area contributed by atoms with Crippen LogP contribution in [0.25, 0.3) is 88.6 Å². The van der Waals surface area contributed by atoms with Crippen molar-refractivity contribution >= 4 is 60.9 Å². The van der Waals surface area contributed by atoms with Crippen molar-refractivity contribution in [3.8, 4) is 44.8 Å². The number of oxazole rings is 1. The van der Waals surface area contributed by atoms with E-state index < -0.39 is 0 Å². The van der Waals surface area contributed by atoms with E-state index in [1.807, 2.05) is 36.4 Å². The zero-order valence-electron chi connectivity index (χ0n) is 30.8. The predicted octanol–water partition coefficient (Wildman–Crippen LogP) is 15.0. The van der Waals surface area contributed by atoms with Crippen LogP contribution in [0.1, 0.15) is 0 Å². The second kappa shape index (κ2) is 13.6. The molecule has 0 saturated heterocycles. The van der Waals surface area contributed by atoms with Crippen molar-refractivity contribution < 1.29 is 8.83 Å². The molecule has 11 rings (SSSR count). The molecule has 0 spiro atoms. The molecule has 57 heavy (non-hydrogen) atoms. The SMILES string of the molecule is c1ccc(-c2ccc(N(c3ccc(-c4ccc5oc6cc7nc(-c8ccccc8)oc7cc6c5c4)cc3)c3ccccc3-c3cccc4ccccc34)cc2)cc1. The zero-order valence-corrected chi connectivity index (χ0v) is 30.8. The summed E-state index contributed by atoms with van der Waals surface area (Å²) in [7, 11) is 0. The Kier molecular flexibility index (Phi) is 7.78. The van der Waals surface area contributed by atoms with E-state index in [9.17, 15) is 0 Å². The highest BCUT2D eigenvalue weighted by molar-refractivity contribution is 6.10. The van der Waals surface area contributed by atoms with Gasteiger partial charge in [0.25, 0.3) is 0 Å². The third kappa shape index (κ3) is 5.83. The van der Waals surface area contributed by atoms with Gasteiger partial charge in [-0.2, -0.15) is 0 Å². The van der Waals surface area contributed by atoms with Gasteiger partial charge in [0.15, 0.2) is 5.58 Å². The number of fused-ring (bicyclic) bond motifs is 5. The maximum atomic E-state index is 6.34. The van der Waals surface area contributed by atoms with Gasteiger partial charge in [0, 0.05) is 39.3 Å². The Labute approximate surface area is 329 Å². The van der Waals surface area contributed by atoms with Gasteiger partial charge in [0.1, 0.15) is 16.7 Å². The molecule has 0 fully saturated rings. The molecule has 0 aliphatic rings. The van der Waals surface area contributed by atoms with Crippen molar-refractivity contribution in [3.05, 3.63) is 206 Å². The normalized spacial score (nSPS) is 11.5. The molecule has 0 radical (unpaired) electrons. The average molecular weight is 731 g/mol. The molecule has 4 heteroatoms. The Morgan fingerprint density at radius 3 is 1.70 bits per heavy atom. The van der Waals surface area contributed by atoms with Gasteiger partial charge in [0.05, 0.1) is 5.69 Å². The number of para-hydroxylation sites is 1. The van der Waals surface area contributed by atoms with Crippen LogP contribution >= 0.6 is 0 Å². The number of nitrogens with zero attached hydrogens (tertiary/aromatic N) is 2. The van der Waals surface area contributed by atoms with E-state index in [-0.39, 0.29) is 0 Å². The highest BCUT2D eigenvalue weighted by atomic mass is 16.4. The molecule has 268 valence electrons. The standard InChI is InChI=1S/C53H34N2O2/c1-3-12-35(13-4-1)36-22-27-41(28-23-36)55(49-21-10-9-19-45(49)44-20-11-17-38-14-7-8-18-43(38)44)42-29-24-37(25-30-42)40-26-31-50-46(32-40)47-33-52-48(34-51(47)56-50)54-53(57-52)39-15-5-2-6-16-39/h1-34H. The quantitative estimate of drug-likeness (QED) is 0.164. The van der Waals surface area contributed by atoms with E-state index in [0.29, 0.717) is 5.89 Å². The molecule has 11 aromatic rings. The van der Waals surface area contributed by atoms with Crippen molar-refractivity contribution in [1.82, 2.24) is 4.98 Å². The zero-order chi connectivity index (χ0) is 37.7. The minimum atomic E-state index is 0.601. The molecular weight excluding hydrogens is 697 g/mol. The number of hydrogen-bond acceptors (Lipinski definition) is 4. The maximum absolute atomic E-state index is 6.34. The van der Waals surface area contributed by atoms with E-state index in [4.69, 9.17) is 13.8 Å². The molecule has 0 amide bonds. The first-order chi connectivity index (χ1) is 28.2. The Balaban J connectivity index is 1.00. The lowest BCUT2D eigenvalue weighted by Crippen LogP contribution is -2.11. The Morgan fingerprint density at radius 1 is 0.351 bits per heavy atom. The van der Waals surface area contributed by atoms with Crippen LogP contribution < -0.4 is 4.90 Å². The Hall–Kier alpha value is -7.69. The molecule has 2 heterocycles. The number of aromatic nitrogens is 1. The summed E-state index contributed by atoms with van der Waals surface area (Å²) in [5.41, 5.74) is 14.3. The second-order valence-corrected chi connectivity index (χ2v) is 14.4. The smallest absolute Gasteiger partial charge is 0.227 e. The largest absolute Gasteiger partial charge is 0.456 e. The first kappa shape index (κ1) is 32.7. The summed E-state index contributed by atoms with van der Waals surface area (Å²) >= 11 is 0. The van der Waals surface area contributed by atoms with Crippen LogP contribution in [0.5, 0.6) is 0 Å². The van der Waals surface area contributed by atoms with Gasteiger partial charge in [-0.05, 0) is 99.3 Å². The number of rotatable bonds is 7. The lowest BCUT2D eigenvalue weighted by molar-refractivity contribution is 0.620. The monoisotopic (exact) mass is 730 g/mol. The van der Waals surface area contributed by atoms with Crippen molar-refractivity contribution in [2.75, 3.05) is 4.90 Å². The summed E-state index contributed by atoms with van der Waals surface area (Å²) in [5.74, 6) is 0.601. The number of hydrogen-bond donors (Lipinski definition) is 0. The van der Waals surface area contributed by atoms with Crippen LogP contribution in [-0.2, 0) is 0 Å². The molecule has 0 bridgehead atoms. The first-order valence-corrected chi connectivity index (χ1v) is 19.2. The van der Waals surface area contributed by atoms with Crippen molar-refractivity contribution in [2.24, 2.45) is 0 Å². The minimum absolute atomic E-state index is 0.601. The Morgan fingerprint density at radius 2 is 0.930 bits per heavy atom. The number of benzene rings is 9. The molecule has 4 nitrogen and oxygen atoms in total. The molecular formula is C53H34N2O2. The summed E-state index contributed by atoms with van der Waals surface area (Å²) in [6.07, 6.45) is 0. The van der Waals surface area contributed by atoms with Gasteiger partial charge >= 0.3 is 0 Å². The molecule has 0 aliphatic carbocycles. The molecule has 9 aromatic carbocycles. The van der Waals surface area contributed by atoms with Gasteiger partial charge < -0.3 is 13.7 Å². The summed E-state index contributed by atoms with van der Waals surface area (Å²) in [6.45, 7) is 0. The average Bonchev–Trinajstić information content (AvgIpc) is 3.87. The summed E-state index contributed by atoms with van der Waals surface area (Å²) < 4.78 is 12.6. The Bertz CT molecular complexity index is 3210. The second-order valence-electron chi connectivity index (χ2n) is 14.4. The lowest BCUT2D eigenvalue weighted by atomic mass is 9.96. The molecule has 0 saturated carbocycles. The van der Waals surface area contributed by atoms with Crippen molar-refractivity contribution in [2.45, 2.75) is 0 Å². The lowest BCUT2D eigenvalue weighted by Gasteiger charge is -2.28. The summed E-state index contributed by atoms with van der Waals surface area (Å²) in [4.78, 5) is 7.13. The van der Waals surface area contributed by atoms with Gasteiger partial charge in [-0.25, -0.2) is 4.98 Å².